The third-order valence-corrected chi connectivity index (χ3v) is 7.03. The minimum Gasteiger partial charge on any atom is -0.396 e. The largest absolute Gasteiger partial charge is 0.396 e. The van der Waals surface area contributed by atoms with E-state index in [1.807, 2.05) is 6.08 Å². The van der Waals surface area contributed by atoms with Crippen molar-refractivity contribution in [2.75, 3.05) is 6.61 Å². The number of aliphatic hydroxyl groups is 2. The highest BCUT2D eigenvalue weighted by Crippen LogP contribution is 2.53. The number of allylic oxidation sites excluding steroid dienone is 3. The third-order valence-electron chi connectivity index (χ3n) is 7.03. The van der Waals surface area contributed by atoms with Crippen LogP contribution in [0.5, 0.6) is 0 Å². The summed E-state index contributed by atoms with van der Waals surface area (Å²) in [7, 11) is 0. The fourth-order valence-electron chi connectivity index (χ4n) is 5.46. The van der Waals surface area contributed by atoms with Crippen LogP contribution >= 0.6 is 0 Å². The number of unbranched alkanes of at least 4 members (excludes halogenated alkanes) is 4. The van der Waals surface area contributed by atoms with E-state index in [4.69, 9.17) is 5.11 Å². The number of ketones is 1. The number of hydrogen-bond donors (Lipinski definition) is 2. The molecule has 3 unspecified atom stereocenters. The number of aliphatic hydroxyl groups excluding tert-OH is 1. The lowest BCUT2D eigenvalue weighted by atomic mass is 9.55. The van der Waals surface area contributed by atoms with Gasteiger partial charge in [0.25, 0.3) is 0 Å². The summed E-state index contributed by atoms with van der Waals surface area (Å²) >= 11 is 0. The summed E-state index contributed by atoms with van der Waals surface area (Å²) in [5.74, 6) is 1.85. The highest BCUT2D eigenvalue weighted by molar-refractivity contribution is 5.94. The molecule has 3 aliphatic carbocycles. The Labute approximate surface area is 158 Å². The minimum absolute atomic E-state index is 0.0996. The summed E-state index contributed by atoms with van der Waals surface area (Å²) in [6.07, 6.45) is 21.2. The van der Waals surface area contributed by atoms with Crippen LogP contribution < -0.4 is 0 Å². The predicted molar refractivity (Wildman–Crippen MR) is 105 cm³/mol. The molecule has 146 valence electrons. The van der Waals surface area contributed by atoms with Crippen LogP contribution in [0, 0.1) is 23.7 Å². The van der Waals surface area contributed by atoms with Gasteiger partial charge in [0.2, 0.25) is 0 Å². The van der Waals surface area contributed by atoms with Gasteiger partial charge in [-0.15, -0.1) is 0 Å². The van der Waals surface area contributed by atoms with E-state index in [0.717, 1.165) is 57.3 Å². The summed E-state index contributed by atoms with van der Waals surface area (Å²) in [5.41, 5.74) is -0.476. The molecule has 3 nitrogen and oxygen atoms in total. The van der Waals surface area contributed by atoms with Crippen LogP contribution in [0.4, 0.5) is 0 Å². The van der Waals surface area contributed by atoms with E-state index in [-0.39, 0.29) is 24.2 Å². The minimum atomic E-state index is -0.476. The number of carbonyl (C=O) groups is 1. The number of hydrogen-bond acceptors (Lipinski definition) is 3. The van der Waals surface area contributed by atoms with Gasteiger partial charge in [0.15, 0.2) is 5.78 Å². The monoisotopic (exact) mass is 360 g/mol. The smallest absolute Gasteiger partial charge is 0.159 e. The van der Waals surface area contributed by atoms with Crippen LogP contribution in [-0.2, 0) is 4.79 Å². The van der Waals surface area contributed by atoms with Gasteiger partial charge in [0.1, 0.15) is 0 Å². The van der Waals surface area contributed by atoms with Crippen LogP contribution in [0.15, 0.2) is 24.3 Å². The predicted octanol–water partition coefficient (Wildman–Crippen LogP) is 4.58. The second-order valence-electron chi connectivity index (χ2n) is 8.82. The molecule has 3 rings (SSSR count). The van der Waals surface area contributed by atoms with Crippen molar-refractivity contribution in [1.82, 2.24) is 0 Å². The van der Waals surface area contributed by atoms with E-state index in [1.54, 1.807) is 6.08 Å². The molecule has 5 atom stereocenters. The Balaban J connectivity index is 1.42. The van der Waals surface area contributed by atoms with Gasteiger partial charge in [-0.25, -0.2) is 0 Å². The summed E-state index contributed by atoms with van der Waals surface area (Å²) in [6.45, 7) is 0.284. The molecule has 3 aliphatic rings. The lowest BCUT2D eigenvalue weighted by Crippen LogP contribution is -2.54. The van der Waals surface area contributed by atoms with Gasteiger partial charge in [0.05, 0.1) is 5.60 Å². The molecule has 0 bridgehead atoms. The second kappa shape index (κ2) is 9.32. The molecule has 3 heteroatoms. The van der Waals surface area contributed by atoms with E-state index < -0.39 is 5.60 Å². The second-order valence-corrected chi connectivity index (χ2v) is 8.82. The van der Waals surface area contributed by atoms with Gasteiger partial charge >= 0.3 is 0 Å². The average molecular weight is 361 g/mol. The zero-order valence-corrected chi connectivity index (χ0v) is 16.1. The summed E-state index contributed by atoms with van der Waals surface area (Å²) in [6, 6.07) is 0. The first-order valence-electron chi connectivity index (χ1n) is 10.9. The Bertz CT molecular complexity index is 524. The maximum Gasteiger partial charge on any atom is 0.159 e. The average Bonchev–Trinajstić information content (AvgIpc) is 2.97. The molecule has 0 amide bonds. The fourth-order valence-corrected chi connectivity index (χ4v) is 5.46. The van der Waals surface area contributed by atoms with Crippen molar-refractivity contribution in [1.29, 1.82) is 0 Å². The van der Waals surface area contributed by atoms with Crippen LogP contribution in [-0.4, -0.2) is 28.2 Å². The Morgan fingerprint density at radius 1 is 1.12 bits per heavy atom. The third kappa shape index (κ3) is 4.67. The van der Waals surface area contributed by atoms with E-state index in [0.29, 0.717) is 5.92 Å². The maximum absolute atomic E-state index is 12.2. The highest BCUT2D eigenvalue weighted by atomic mass is 16.3. The van der Waals surface area contributed by atoms with E-state index in [2.05, 4.69) is 12.2 Å². The summed E-state index contributed by atoms with van der Waals surface area (Å²) < 4.78 is 0. The molecule has 26 heavy (non-hydrogen) atoms. The van der Waals surface area contributed by atoms with Crippen LogP contribution in [0.25, 0.3) is 0 Å². The van der Waals surface area contributed by atoms with Crippen molar-refractivity contribution < 1.29 is 15.0 Å². The number of carbonyl (C=O) groups excluding carboxylic acids is 1. The highest BCUT2D eigenvalue weighted by Gasteiger charge is 2.52. The lowest BCUT2D eigenvalue weighted by Gasteiger charge is -2.54. The van der Waals surface area contributed by atoms with Crippen molar-refractivity contribution in [3.63, 3.8) is 0 Å². The number of fused-ring (bicyclic) bond motifs is 1. The van der Waals surface area contributed by atoms with Crippen LogP contribution in [0.2, 0.25) is 0 Å². The number of rotatable bonds is 10. The topological polar surface area (TPSA) is 57.5 Å². The van der Waals surface area contributed by atoms with E-state index in [1.165, 1.54) is 25.7 Å². The Morgan fingerprint density at radius 2 is 1.88 bits per heavy atom. The lowest BCUT2D eigenvalue weighted by molar-refractivity contribution is -0.151. The van der Waals surface area contributed by atoms with Gasteiger partial charge < -0.3 is 10.2 Å². The van der Waals surface area contributed by atoms with Crippen molar-refractivity contribution >= 4 is 5.78 Å². The van der Waals surface area contributed by atoms with Crippen molar-refractivity contribution in [2.45, 2.75) is 82.7 Å². The molecule has 2 saturated carbocycles. The van der Waals surface area contributed by atoms with Gasteiger partial charge in [-0.05, 0) is 56.4 Å². The summed E-state index contributed by atoms with van der Waals surface area (Å²) in [5, 5.41) is 19.7. The van der Waals surface area contributed by atoms with E-state index in [9.17, 15) is 9.90 Å². The first-order chi connectivity index (χ1) is 12.6. The van der Waals surface area contributed by atoms with Gasteiger partial charge in [-0.2, -0.15) is 0 Å². The molecular weight excluding hydrogens is 324 g/mol. The van der Waals surface area contributed by atoms with E-state index >= 15 is 0 Å². The van der Waals surface area contributed by atoms with Gasteiger partial charge in [-0.1, -0.05) is 56.8 Å². The molecule has 0 aromatic rings. The molecule has 0 saturated heterocycles. The first kappa shape index (κ1) is 19.8. The molecule has 0 aliphatic heterocycles. The summed E-state index contributed by atoms with van der Waals surface area (Å²) in [4.78, 5) is 12.2. The Morgan fingerprint density at radius 3 is 2.69 bits per heavy atom. The first-order valence-corrected chi connectivity index (χ1v) is 10.9. The van der Waals surface area contributed by atoms with Crippen LogP contribution in [0.1, 0.15) is 77.0 Å². The molecule has 0 aromatic heterocycles. The maximum atomic E-state index is 12.2. The van der Waals surface area contributed by atoms with Crippen molar-refractivity contribution in [3.05, 3.63) is 24.3 Å². The van der Waals surface area contributed by atoms with Gasteiger partial charge in [0, 0.05) is 18.4 Å². The molecule has 0 heterocycles. The molecule has 0 spiro atoms. The van der Waals surface area contributed by atoms with Crippen molar-refractivity contribution in [2.24, 2.45) is 23.7 Å². The standard InChI is InChI=1S/C23H36O3/c24-16-7-3-1-2-4-11-20-18(13-14-22(20)25)10-8-15-23(26)17-19-9-5-6-12-21(19)23/h8,10,13-14,18-21,24,26H,1-7,9,11-12,15-17H2/t18-,19?,20+,21?,23?/m0/s1. The Hall–Kier alpha value is -0.930. The SMILES string of the molecule is O=C1C=C[C@H](C=CCC2(O)CC3CCCCC32)[C@H]1CCCCCCCO. The molecule has 2 N–H and O–H groups in total. The Kier molecular flexibility index (Phi) is 7.11. The van der Waals surface area contributed by atoms with Crippen LogP contribution in [0.3, 0.4) is 0 Å². The zero-order valence-electron chi connectivity index (χ0n) is 16.1. The fraction of sp³-hybridized carbons (Fsp3) is 0.783. The molecule has 0 radical (unpaired) electrons. The van der Waals surface area contributed by atoms with Gasteiger partial charge in [-0.3, -0.25) is 4.79 Å². The quantitative estimate of drug-likeness (QED) is 0.443. The normalized spacial score (nSPS) is 36.5. The molecule has 2 fully saturated rings. The zero-order chi connectivity index (χ0) is 18.4. The molecule has 0 aromatic carbocycles. The molecular formula is C23H36O3. The van der Waals surface area contributed by atoms with Crippen molar-refractivity contribution in [3.8, 4) is 0 Å².